The van der Waals surface area contributed by atoms with E-state index in [4.69, 9.17) is 13.8 Å². The summed E-state index contributed by atoms with van der Waals surface area (Å²) in [6.07, 6.45) is 1.92. The van der Waals surface area contributed by atoms with Crippen LogP contribution in [-0.2, 0) is 32.5 Å². The molecule has 2 aromatic heterocycles. The zero-order chi connectivity index (χ0) is 63.7. The summed E-state index contributed by atoms with van der Waals surface area (Å²) in [5.41, 5.74) is 16.8. The van der Waals surface area contributed by atoms with Gasteiger partial charge in [0.05, 0.1) is 34.9 Å². The highest BCUT2D eigenvalue weighted by molar-refractivity contribution is 6.11. The third kappa shape index (κ3) is 11.2. The van der Waals surface area contributed by atoms with Gasteiger partial charge >= 0.3 is 0 Å². The van der Waals surface area contributed by atoms with Crippen LogP contribution in [0.2, 0.25) is 0 Å². The minimum absolute atomic E-state index is 0.0288. The molecule has 1 aliphatic rings. The predicted octanol–water partition coefficient (Wildman–Crippen LogP) is 22.0. The summed E-state index contributed by atoms with van der Waals surface area (Å²) < 4.78 is 55.0. The van der Waals surface area contributed by atoms with Crippen LogP contribution in [0.4, 0.5) is 22.7 Å². The van der Waals surface area contributed by atoms with Gasteiger partial charge in [-0.15, -0.1) is 0 Å². The molecule has 0 N–H and O–H groups in total. The van der Waals surface area contributed by atoms with Crippen LogP contribution in [0.5, 0.6) is 11.5 Å². The number of para-hydroxylation sites is 2. The first-order chi connectivity index (χ1) is 41.0. The van der Waals surface area contributed by atoms with Gasteiger partial charge in [-0.2, -0.15) is 0 Å². The molecular weight excluding hydrogens is 1010 g/mol. The van der Waals surface area contributed by atoms with Crippen LogP contribution in [-0.4, -0.2) is 16.2 Å². The Hall–Kier alpha value is -7.89. The maximum absolute atomic E-state index is 9.54. The van der Waals surface area contributed by atoms with Crippen molar-refractivity contribution in [3.05, 3.63) is 215 Å². The SMILES string of the molecule is [2H]c1c([2H])c([2H])c(-c2cc(C(C)(C)C)cc(-c3cc(C(C)(C)C)cc(C(C)(C)C)c3)c2N2CN(c3cccc(Oc4ccc5c6cc(-c7cc(C(C)(C)C)cc(C(C)(C)C)c7)ccc6n(-c6cc(C(C)(C)C)ccn6)c5c4)c3)c3ccccc32)c([2H])c1[2H]. The number of fused-ring (bicyclic) bond motifs is 4. The van der Waals surface area contributed by atoms with Gasteiger partial charge in [0.2, 0.25) is 0 Å². The summed E-state index contributed by atoms with van der Waals surface area (Å²) >= 11 is 0. The van der Waals surface area contributed by atoms with Gasteiger partial charge in [-0.25, -0.2) is 4.98 Å². The molecule has 0 amide bonds. The molecule has 0 atom stereocenters. The number of hydrogen-bond donors (Lipinski definition) is 0. The van der Waals surface area contributed by atoms with E-state index in [9.17, 15) is 2.74 Å². The molecule has 1 aliphatic heterocycles. The highest BCUT2D eigenvalue weighted by Crippen LogP contribution is 2.53. The summed E-state index contributed by atoms with van der Waals surface area (Å²) in [5.74, 6) is 2.17. The van der Waals surface area contributed by atoms with Crippen molar-refractivity contribution in [1.82, 2.24) is 9.55 Å². The molecule has 0 unspecified atom stereocenters. The Morgan fingerprint density at radius 3 is 1.51 bits per heavy atom. The number of anilines is 4. The minimum Gasteiger partial charge on any atom is -0.457 e. The van der Waals surface area contributed by atoms with Crippen molar-refractivity contribution in [3.63, 3.8) is 0 Å². The van der Waals surface area contributed by atoms with Gasteiger partial charge in [0, 0.05) is 45.9 Å². The Morgan fingerprint density at radius 2 is 0.928 bits per heavy atom. The van der Waals surface area contributed by atoms with E-state index in [1.54, 1.807) is 0 Å². The van der Waals surface area contributed by atoms with E-state index < -0.39 is 6.04 Å². The van der Waals surface area contributed by atoms with E-state index >= 15 is 0 Å². The fraction of sp³-hybridized carbons (Fsp3) is 0.321. The lowest BCUT2D eigenvalue weighted by molar-refractivity contribution is 0.483. The van der Waals surface area contributed by atoms with Gasteiger partial charge < -0.3 is 14.5 Å². The highest BCUT2D eigenvalue weighted by Gasteiger charge is 2.34. The second kappa shape index (κ2) is 20.5. The number of rotatable bonds is 8. The molecule has 0 bridgehead atoms. The molecule has 0 saturated heterocycles. The lowest BCUT2D eigenvalue weighted by atomic mass is 9.77. The van der Waals surface area contributed by atoms with Crippen LogP contribution < -0.4 is 14.5 Å². The van der Waals surface area contributed by atoms with Gasteiger partial charge in [-0.1, -0.05) is 216 Å². The molecule has 424 valence electrons. The molecule has 83 heavy (non-hydrogen) atoms. The summed E-state index contributed by atoms with van der Waals surface area (Å²) in [7, 11) is 0. The summed E-state index contributed by atoms with van der Waals surface area (Å²) in [5, 5.41) is 2.22. The van der Waals surface area contributed by atoms with E-state index in [1.807, 2.05) is 30.5 Å². The molecule has 8 aromatic carbocycles. The first kappa shape index (κ1) is 50.8. The lowest BCUT2D eigenvalue weighted by Gasteiger charge is -2.31. The van der Waals surface area contributed by atoms with Crippen molar-refractivity contribution < 1.29 is 11.6 Å². The van der Waals surface area contributed by atoms with E-state index in [0.29, 0.717) is 23.7 Å². The predicted molar refractivity (Wildman–Crippen MR) is 356 cm³/mol. The second-order valence-electron chi connectivity index (χ2n) is 29.3. The molecule has 0 aliphatic carbocycles. The molecule has 10 aromatic rings. The zero-order valence-electron chi connectivity index (χ0n) is 57.3. The minimum atomic E-state index is -0.424. The molecule has 0 saturated carbocycles. The number of hydrogen-bond acceptors (Lipinski definition) is 4. The van der Waals surface area contributed by atoms with Gasteiger partial charge in [-0.05, 0) is 161 Å². The fourth-order valence-corrected chi connectivity index (χ4v) is 11.4. The van der Waals surface area contributed by atoms with E-state index in [2.05, 4.69) is 260 Å². The molecular formula is C78H86N4O. The summed E-state index contributed by atoms with van der Waals surface area (Å²) in [4.78, 5) is 9.59. The number of ether oxygens (including phenoxy) is 1. The van der Waals surface area contributed by atoms with Crippen molar-refractivity contribution in [3.8, 4) is 50.7 Å². The largest absolute Gasteiger partial charge is 0.457 e. The monoisotopic (exact) mass is 1100 g/mol. The number of nitrogens with zero attached hydrogens (tertiary/aromatic N) is 4. The third-order valence-electron chi connectivity index (χ3n) is 16.7. The molecule has 3 heterocycles. The molecule has 5 nitrogen and oxygen atoms in total. The average molecular weight is 1100 g/mol. The van der Waals surface area contributed by atoms with Crippen LogP contribution in [0.1, 0.15) is 165 Å². The maximum Gasteiger partial charge on any atom is 0.137 e. The van der Waals surface area contributed by atoms with Crippen LogP contribution in [0, 0.1) is 0 Å². The van der Waals surface area contributed by atoms with Crippen molar-refractivity contribution in [2.75, 3.05) is 16.5 Å². The highest BCUT2D eigenvalue weighted by atomic mass is 16.5. The first-order valence-electron chi connectivity index (χ1n) is 32.0. The summed E-state index contributed by atoms with van der Waals surface area (Å²) in [6.45, 7) is 40.7. The topological polar surface area (TPSA) is 33.5 Å². The third-order valence-corrected chi connectivity index (χ3v) is 16.7. The van der Waals surface area contributed by atoms with Gasteiger partial charge in [0.1, 0.15) is 24.0 Å². The normalized spacial score (nSPS) is 14.4. The molecule has 11 rings (SSSR count). The van der Waals surface area contributed by atoms with Crippen molar-refractivity contribution in [2.24, 2.45) is 0 Å². The Labute approximate surface area is 503 Å². The number of pyridine rings is 1. The first-order valence-corrected chi connectivity index (χ1v) is 29.5. The Bertz CT molecular complexity index is 4320. The van der Waals surface area contributed by atoms with Gasteiger partial charge in [0.25, 0.3) is 0 Å². The quantitative estimate of drug-likeness (QED) is 0.152. The standard InChI is InChI=1S/C78H86N4O/c1-73(2,3)54-35-36-79-71(46-54)82-67-34-31-51(52-37-55(74(4,5)6)42-56(38-52)75(7,8)9)41-66(67)63-33-32-62(48-70(63)82)83-61-28-24-27-60(47-61)80-49-81(69-30-23-22-29-68(69)80)72-64(50-25-20-19-21-26-50)44-59(78(16,17)18)45-65(72)53-39-57(76(10,11)12)43-58(40-53)77(13,14)15/h19-48H,49H2,1-18H3/i19D,20D,21D,25D,26D. The molecule has 0 fully saturated rings. The van der Waals surface area contributed by atoms with Crippen molar-refractivity contribution >= 4 is 44.6 Å². The second-order valence-corrected chi connectivity index (χ2v) is 29.3. The molecule has 5 heteroatoms. The maximum atomic E-state index is 9.54. The Balaban J connectivity index is 1.06. The van der Waals surface area contributed by atoms with Crippen LogP contribution in [0.25, 0.3) is 61.0 Å². The van der Waals surface area contributed by atoms with E-state index in [0.717, 1.165) is 72.6 Å². The van der Waals surface area contributed by atoms with Crippen LogP contribution in [0.3, 0.4) is 0 Å². The van der Waals surface area contributed by atoms with Crippen molar-refractivity contribution in [2.45, 2.75) is 157 Å². The average Bonchev–Trinajstić information content (AvgIpc) is 1.40. The zero-order valence-corrected chi connectivity index (χ0v) is 52.3. The van der Waals surface area contributed by atoms with E-state index in [-0.39, 0.29) is 62.2 Å². The lowest BCUT2D eigenvalue weighted by Crippen LogP contribution is -2.25. The van der Waals surface area contributed by atoms with Crippen molar-refractivity contribution in [1.29, 1.82) is 0 Å². The van der Waals surface area contributed by atoms with Crippen LogP contribution in [0.15, 0.2) is 182 Å². The van der Waals surface area contributed by atoms with Gasteiger partial charge in [0.15, 0.2) is 0 Å². The van der Waals surface area contributed by atoms with Crippen LogP contribution >= 0.6 is 0 Å². The Kier molecular flexibility index (Phi) is 12.5. The smallest absolute Gasteiger partial charge is 0.137 e. The molecule has 0 spiro atoms. The number of aromatic nitrogens is 2. The number of benzene rings is 8. The van der Waals surface area contributed by atoms with E-state index in [1.165, 1.54) is 33.4 Å². The summed E-state index contributed by atoms with van der Waals surface area (Å²) in [6, 6.07) is 50.8. The fourth-order valence-electron chi connectivity index (χ4n) is 11.4. The van der Waals surface area contributed by atoms with Gasteiger partial charge in [-0.3, -0.25) is 4.57 Å². The Morgan fingerprint density at radius 1 is 0.398 bits per heavy atom. The molecule has 0 radical (unpaired) electrons.